The summed E-state index contributed by atoms with van der Waals surface area (Å²) < 4.78 is 0. The first-order valence-corrected chi connectivity index (χ1v) is 15.8. The van der Waals surface area contributed by atoms with Gasteiger partial charge in [-0.25, -0.2) is 0 Å². The average Bonchev–Trinajstić information content (AvgIpc) is 2.84. The first kappa shape index (κ1) is 29.0. The number of hydrogen-bond donors (Lipinski definition) is 2. The molecule has 0 bridgehead atoms. The fraction of sp³-hybridized carbons (Fsp3) is 0.600. The fourth-order valence-electron chi connectivity index (χ4n) is 4.22. The van der Waals surface area contributed by atoms with Gasteiger partial charge in [0.15, 0.2) is 0 Å². The van der Waals surface area contributed by atoms with Crippen LogP contribution in [0.5, 0.6) is 11.5 Å². The Morgan fingerprint density at radius 1 is 0.500 bits per heavy atom. The van der Waals surface area contributed by atoms with Gasteiger partial charge in [-0.2, -0.15) is 0 Å². The van der Waals surface area contributed by atoms with Crippen LogP contribution in [-0.4, -0.2) is 10.2 Å². The van der Waals surface area contributed by atoms with Gasteiger partial charge < -0.3 is 10.2 Å². The maximum atomic E-state index is 10.4. The van der Waals surface area contributed by atoms with Gasteiger partial charge in [-0.3, -0.25) is 0 Å². The van der Waals surface area contributed by atoms with Crippen LogP contribution < -0.4 is 0 Å². The third-order valence-corrected chi connectivity index (χ3v) is 8.83. The van der Waals surface area contributed by atoms with Gasteiger partial charge in [0.05, 0.1) is 9.79 Å². The number of unbranched alkanes of at least 4 members (excludes halogenated alkanes) is 12. The third kappa shape index (κ3) is 11.9. The van der Waals surface area contributed by atoms with Crippen molar-refractivity contribution in [2.24, 2.45) is 0 Å². The van der Waals surface area contributed by atoms with Gasteiger partial charge in [0.1, 0.15) is 11.5 Å². The minimum atomic E-state index is 0.319. The van der Waals surface area contributed by atoms with Crippen LogP contribution >= 0.6 is 21.6 Å². The quantitative estimate of drug-likeness (QED) is 0.148. The summed E-state index contributed by atoms with van der Waals surface area (Å²) in [7, 11) is 3.07. The van der Waals surface area contributed by atoms with E-state index < -0.39 is 0 Å². The molecule has 0 aliphatic carbocycles. The molecule has 2 aromatic carbocycles. The molecule has 2 N–H and O–H groups in total. The highest BCUT2D eigenvalue weighted by Gasteiger charge is 2.09. The number of benzene rings is 2. The van der Waals surface area contributed by atoms with Crippen molar-refractivity contribution in [2.45, 2.75) is 126 Å². The van der Waals surface area contributed by atoms with Crippen molar-refractivity contribution in [3.05, 3.63) is 47.5 Å². The molecule has 0 aromatic heterocycles. The van der Waals surface area contributed by atoms with Crippen molar-refractivity contribution in [1.29, 1.82) is 0 Å². The largest absolute Gasteiger partial charge is 0.507 e. The summed E-state index contributed by atoms with van der Waals surface area (Å²) in [6, 6.07) is 11.9. The van der Waals surface area contributed by atoms with E-state index in [2.05, 4.69) is 26.0 Å². The van der Waals surface area contributed by atoms with E-state index in [0.717, 1.165) is 22.6 Å². The van der Waals surface area contributed by atoms with E-state index in [-0.39, 0.29) is 0 Å². The standard InChI is InChI=1S/C30H46O2S2/c1-3-5-7-9-11-13-15-17-25-19-21-27(31)29(23-25)33-34-30-24-26(20-22-28(30)32)18-16-14-12-10-8-6-4-2/h19-24,31-32H,3-18H2,1-2H3. The van der Waals surface area contributed by atoms with Gasteiger partial charge in [0.2, 0.25) is 0 Å². The van der Waals surface area contributed by atoms with E-state index in [0.29, 0.717) is 11.5 Å². The van der Waals surface area contributed by atoms with Crippen LogP contribution in [0, 0.1) is 0 Å². The van der Waals surface area contributed by atoms with Gasteiger partial charge in [-0.1, -0.05) is 103 Å². The maximum Gasteiger partial charge on any atom is 0.130 e. The normalized spacial score (nSPS) is 11.2. The summed E-state index contributed by atoms with van der Waals surface area (Å²) >= 11 is 0. The second-order valence-corrected chi connectivity index (χ2v) is 11.7. The minimum absolute atomic E-state index is 0.319. The van der Waals surface area contributed by atoms with E-state index >= 15 is 0 Å². The van der Waals surface area contributed by atoms with E-state index in [1.807, 2.05) is 24.3 Å². The fourth-order valence-corrected chi connectivity index (χ4v) is 6.45. The highest BCUT2D eigenvalue weighted by Crippen LogP contribution is 2.45. The molecule has 2 nitrogen and oxygen atoms in total. The third-order valence-electron chi connectivity index (χ3n) is 6.41. The van der Waals surface area contributed by atoms with Crippen LogP contribution in [0.2, 0.25) is 0 Å². The predicted octanol–water partition coefficient (Wildman–Crippen LogP) is 10.5. The van der Waals surface area contributed by atoms with Crippen molar-refractivity contribution in [3.8, 4) is 11.5 Å². The Labute approximate surface area is 216 Å². The zero-order chi connectivity index (χ0) is 24.4. The Balaban J connectivity index is 1.79. The molecular formula is C30H46O2S2. The number of aryl methyl sites for hydroxylation is 2. The molecule has 0 amide bonds. The summed E-state index contributed by atoms with van der Waals surface area (Å²) in [5.41, 5.74) is 2.57. The molecule has 0 heterocycles. The second-order valence-electron chi connectivity index (χ2n) is 9.51. The zero-order valence-corrected chi connectivity index (χ0v) is 23.1. The highest BCUT2D eigenvalue weighted by atomic mass is 33.1. The summed E-state index contributed by atoms with van der Waals surface area (Å²) in [5, 5.41) is 20.7. The van der Waals surface area contributed by atoms with E-state index in [9.17, 15) is 10.2 Å². The Kier molecular flexibility index (Phi) is 15.4. The Bertz CT molecular complexity index is 739. The molecule has 0 aliphatic rings. The Hall–Kier alpha value is -1.26. The number of aromatic hydroxyl groups is 2. The molecule has 4 heteroatoms. The Morgan fingerprint density at radius 3 is 1.24 bits per heavy atom. The molecule has 2 rings (SSSR count). The second kappa shape index (κ2) is 18.1. The van der Waals surface area contributed by atoms with Gasteiger partial charge in [-0.15, -0.1) is 0 Å². The van der Waals surface area contributed by atoms with Crippen molar-refractivity contribution < 1.29 is 10.2 Å². The maximum absolute atomic E-state index is 10.4. The SMILES string of the molecule is CCCCCCCCCc1ccc(O)c(SSc2cc(CCCCCCCCC)ccc2O)c1. The molecule has 0 saturated carbocycles. The molecule has 0 aliphatic heterocycles. The van der Waals surface area contributed by atoms with Crippen LogP contribution in [0.3, 0.4) is 0 Å². The molecular weight excluding hydrogens is 456 g/mol. The van der Waals surface area contributed by atoms with Crippen LogP contribution in [0.1, 0.15) is 115 Å². The van der Waals surface area contributed by atoms with Gasteiger partial charge >= 0.3 is 0 Å². The summed E-state index contributed by atoms with van der Waals surface area (Å²) in [6.45, 7) is 4.52. The lowest BCUT2D eigenvalue weighted by atomic mass is 10.0. The number of phenols is 2. The topological polar surface area (TPSA) is 40.5 Å². The molecule has 0 saturated heterocycles. The van der Waals surface area contributed by atoms with Crippen LogP contribution in [0.4, 0.5) is 0 Å². The molecule has 190 valence electrons. The number of hydrogen-bond acceptors (Lipinski definition) is 4. The van der Waals surface area contributed by atoms with Crippen LogP contribution in [0.25, 0.3) is 0 Å². The van der Waals surface area contributed by atoms with E-state index in [1.54, 1.807) is 0 Å². The van der Waals surface area contributed by atoms with Gasteiger partial charge in [0.25, 0.3) is 0 Å². The molecule has 0 radical (unpaired) electrons. The predicted molar refractivity (Wildman–Crippen MR) is 151 cm³/mol. The monoisotopic (exact) mass is 502 g/mol. The van der Waals surface area contributed by atoms with Gasteiger partial charge in [0, 0.05) is 0 Å². The Morgan fingerprint density at radius 2 is 0.853 bits per heavy atom. The van der Waals surface area contributed by atoms with Crippen LogP contribution in [-0.2, 0) is 12.8 Å². The summed E-state index contributed by atoms with van der Waals surface area (Å²) in [5.74, 6) is 0.638. The van der Waals surface area contributed by atoms with Crippen molar-refractivity contribution in [3.63, 3.8) is 0 Å². The summed E-state index contributed by atoms with van der Waals surface area (Å²) in [4.78, 5) is 1.75. The van der Waals surface area contributed by atoms with Gasteiger partial charge in [-0.05, 0) is 82.7 Å². The van der Waals surface area contributed by atoms with E-state index in [4.69, 9.17) is 0 Å². The van der Waals surface area contributed by atoms with Crippen molar-refractivity contribution in [1.82, 2.24) is 0 Å². The lowest BCUT2D eigenvalue weighted by Crippen LogP contribution is -1.88. The average molecular weight is 503 g/mol. The lowest BCUT2D eigenvalue weighted by molar-refractivity contribution is 0.461. The number of phenolic OH excluding ortho intramolecular Hbond substituents is 2. The van der Waals surface area contributed by atoms with Crippen LogP contribution in [0.15, 0.2) is 46.2 Å². The van der Waals surface area contributed by atoms with Crippen molar-refractivity contribution in [2.75, 3.05) is 0 Å². The molecule has 34 heavy (non-hydrogen) atoms. The first-order valence-electron chi connectivity index (χ1n) is 13.6. The number of rotatable bonds is 19. The van der Waals surface area contributed by atoms with Crippen molar-refractivity contribution >= 4 is 21.6 Å². The summed E-state index contributed by atoms with van der Waals surface area (Å²) in [6.07, 6.45) is 20.5. The zero-order valence-electron chi connectivity index (χ0n) is 21.5. The molecule has 0 fully saturated rings. The first-order chi connectivity index (χ1) is 16.6. The minimum Gasteiger partial charge on any atom is -0.507 e. The molecule has 2 aromatic rings. The molecule has 0 spiro atoms. The highest BCUT2D eigenvalue weighted by molar-refractivity contribution is 8.76. The van der Waals surface area contributed by atoms with E-state index in [1.165, 1.54) is 123 Å². The lowest BCUT2D eigenvalue weighted by Gasteiger charge is -2.10. The molecule has 0 unspecified atom stereocenters. The smallest absolute Gasteiger partial charge is 0.130 e. The molecule has 0 atom stereocenters.